The number of benzene rings is 2. The molecule has 0 aliphatic carbocycles. The van der Waals surface area contributed by atoms with Crippen LogP contribution < -0.4 is 4.74 Å². The number of carbonyl (C=O) groups excluding carboxylic acids is 1. The summed E-state index contributed by atoms with van der Waals surface area (Å²) >= 11 is 0. The van der Waals surface area contributed by atoms with Crippen LogP contribution in [0.2, 0.25) is 0 Å². The van der Waals surface area contributed by atoms with Gasteiger partial charge in [0.15, 0.2) is 5.82 Å². The van der Waals surface area contributed by atoms with Crippen LogP contribution >= 0.6 is 0 Å². The number of nitrogens with zero attached hydrogens (tertiary/aromatic N) is 3. The summed E-state index contributed by atoms with van der Waals surface area (Å²) in [5, 5.41) is 4.11. The lowest BCUT2D eigenvalue weighted by Crippen LogP contribution is -2.24. The summed E-state index contributed by atoms with van der Waals surface area (Å²) in [4.78, 5) is 18.8. The van der Waals surface area contributed by atoms with Gasteiger partial charge in [-0.2, -0.15) is 4.98 Å². The number of carbonyl (C=O) groups is 1. The highest BCUT2D eigenvalue weighted by Crippen LogP contribution is 2.30. The van der Waals surface area contributed by atoms with E-state index in [1.54, 1.807) is 0 Å². The highest BCUT2D eigenvalue weighted by atomic mass is 16.5. The summed E-state index contributed by atoms with van der Waals surface area (Å²) in [5.41, 5.74) is 1.88. The molecule has 0 N–H and O–H groups in total. The second-order valence-corrected chi connectivity index (χ2v) is 6.54. The lowest BCUT2D eigenvalue weighted by atomic mass is 10.1. The molecule has 6 heteroatoms. The van der Waals surface area contributed by atoms with Crippen molar-refractivity contribution in [3.8, 4) is 17.2 Å². The molecule has 4 rings (SSSR count). The molecular weight excluding hydrogens is 342 g/mol. The third-order valence-corrected chi connectivity index (χ3v) is 4.68. The zero-order valence-electron chi connectivity index (χ0n) is 15.2. The maximum absolute atomic E-state index is 12.5. The Hall–Kier alpha value is -3.15. The fourth-order valence-electron chi connectivity index (χ4n) is 3.33. The summed E-state index contributed by atoms with van der Waals surface area (Å²) in [7, 11) is 0. The number of rotatable bonds is 6. The first-order valence-electron chi connectivity index (χ1n) is 9.12. The molecule has 1 unspecified atom stereocenters. The van der Waals surface area contributed by atoms with Crippen LogP contribution in [0, 0.1) is 0 Å². The van der Waals surface area contributed by atoms with Crippen LogP contribution in [0.3, 0.4) is 0 Å². The maximum Gasteiger partial charge on any atom is 0.257 e. The van der Waals surface area contributed by atoms with Crippen molar-refractivity contribution in [2.24, 2.45) is 0 Å². The molecule has 1 saturated heterocycles. The third kappa shape index (κ3) is 3.69. The smallest absolute Gasteiger partial charge is 0.257 e. The van der Waals surface area contributed by atoms with Crippen LogP contribution in [0.25, 0.3) is 11.5 Å². The van der Waals surface area contributed by atoms with Crippen molar-refractivity contribution >= 4 is 5.91 Å². The topological polar surface area (TPSA) is 68.5 Å². The van der Waals surface area contributed by atoms with Crippen molar-refractivity contribution < 1.29 is 14.1 Å². The Labute approximate surface area is 157 Å². The molecule has 27 heavy (non-hydrogen) atoms. The first-order valence-corrected chi connectivity index (χ1v) is 9.12. The molecule has 1 aliphatic heterocycles. The summed E-state index contributed by atoms with van der Waals surface area (Å²) in [6.45, 7) is 3.65. The zero-order valence-corrected chi connectivity index (χ0v) is 15.2. The van der Waals surface area contributed by atoms with Gasteiger partial charge in [-0.3, -0.25) is 4.79 Å². The van der Waals surface area contributed by atoms with E-state index in [9.17, 15) is 4.79 Å². The average Bonchev–Trinajstić information content (AvgIpc) is 3.32. The van der Waals surface area contributed by atoms with Gasteiger partial charge in [0.1, 0.15) is 5.75 Å². The van der Waals surface area contributed by atoms with Crippen molar-refractivity contribution in [1.82, 2.24) is 15.0 Å². The van der Waals surface area contributed by atoms with Crippen LogP contribution in [-0.4, -0.2) is 34.1 Å². The Kier molecular flexibility index (Phi) is 4.87. The predicted molar refractivity (Wildman–Crippen MR) is 100 cm³/mol. The SMILES string of the molecule is CCOc1ccccc1CN1CC(c2noc(-c3ccccc3)n2)CC1=O. The lowest BCUT2D eigenvalue weighted by molar-refractivity contribution is -0.128. The molecule has 6 nitrogen and oxygen atoms in total. The molecule has 0 spiro atoms. The van der Waals surface area contributed by atoms with Crippen LogP contribution in [0.4, 0.5) is 0 Å². The zero-order chi connectivity index (χ0) is 18.6. The highest BCUT2D eigenvalue weighted by molar-refractivity contribution is 5.79. The molecular formula is C21H21N3O3. The normalized spacial score (nSPS) is 16.7. The molecule has 1 aliphatic rings. The molecule has 1 aromatic heterocycles. The van der Waals surface area contributed by atoms with Gasteiger partial charge in [-0.25, -0.2) is 0 Å². The van der Waals surface area contributed by atoms with E-state index < -0.39 is 0 Å². The molecule has 1 amide bonds. The number of para-hydroxylation sites is 1. The van der Waals surface area contributed by atoms with Crippen molar-refractivity contribution in [2.45, 2.75) is 25.8 Å². The minimum absolute atomic E-state index is 0.0574. The van der Waals surface area contributed by atoms with Gasteiger partial charge >= 0.3 is 0 Å². The van der Waals surface area contributed by atoms with E-state index in [1.807, 2.05) is 66.4 Å². The Balaban J connectivity index is 1.48. The number of amides is 1. The molecule has 138 valence electrons. The van der Waals surface area contributed by atoms with Gasteiger partial charge in [0.2, 0.25) is 5.91 Å². The van der Waals surface area contributed by atoms with Gasteiger partial charge < -0.3 is 14.2 Å². The molecule has 0 bridgehead atoms. The number of likely N-dealkylation sites (tertiary alicyclic amines) is 1. The van der Waals surface area contributed by atoms with Crippen LogP contribution in [-0.2, 0) is 11.3 Å². The largest absolute Gasteiger partial charge is 0.494 e. The van der Waals surface area contributed by atoms with Crippen LogP contribution in [0.1, 0.15) is 30.7 Å². The quantitative estimate of drug-likeness (QED) is 0.669. The van der Waals surface area contributed by atoms with E-state index in [4.69, 9.17) is 9.26 Å². The first kappa shape index (κ1) is 17.3. The second-order valence-electron chi connectivity index (χ2n) is 6.54. The van der Waals surface area contributed by atoms with E-state index >= 15 is 0 Å². The summed E-state index contributed by atoms with van der Waals surface area (Å²) in [5.74, 6) is 1.93. The van der Waals surface area contributed by atoms with Gasteiger partial charge in [-0.05, 0) is 25.1 Å². The van der Waals surface area contributed by atoms with E-state index in [-0.39, 0.29) is 11.8 Å². The molecule has 0 radical (unpaired) electrons. The van der Waals surface area contributed by atoms with E-state index in [1.165, 1.54) is 0 Å². The molecule has 3 aromatic rings. The summed E-state index contributed by atoms with van der Waals surface area (Å²) < 4.78 is 11.1. The number of hydrogen-bond donors (Lipinski definition) is 0. The minimum atomic E-state index is -0.0574. The Morgan fingerprint density at radius 3 is 2.74 bits per heavy atom. The Morgan fingerprint density at radius 1 is 1.15 bits per heavy atom. The average molecular weight is 363 g/mol. The van der Waals surface area contributed by atoms with E-state index in [2.05, 4.69) is 10.1 Å². The van der Waals surface area contributed by atoms with Crippen molar-refractivity contribution in [2.75, 3.05) is 13.2 Å². The monoisotopic (exact) mass is 363 g/mol. The first-order chi connectivity index (χ1) is 13.2. The Bertz CT molecular complexity index is 923. The van der Waals surface area contributed by atoms with E-state index in [0.717, 1.165) is 16.9 Å². The number of aromatic nitrogens is 2. The van der Waals surface area contributed by atoms with Gasteiger partial charge in [0, 0.05) is 36.6 Å². The molecule has 0 saturated carbocycles. The predicted octanol–water partition coefficient (Wildman–Crippen LogP) is 3.65. The van der Waals surface area contributed by atoms with Gasteiger partial charge in [0.05, 0.1) is 6.61 Å². The fraction of sp³-hybridized carbons (Fsp3) is 0.286. The number of ether oxygens (including phenoxy) is 1. The molecule has 2 aromatic carbocycles. The Morgan fingerprint density at radius 2 is 1.93 bits per heavy atom. The standard InChI is InChI=1S/C21H21N3O3/c1-2-26-18-11-7-6-10-16(18)13-24-14-17(12-19(24)25)20-22-21(27-23-20)15-8-4-3-5-9-15/h3-11,17H,2,12-14H2,1H3. The lowest BCUT2D eigenvalue weighted by Gasteiger charge is -2.18. The number of hydrogen-bond acceptors (Lipinski definition) is 5. The van der Waals surface area contributed by atoms with E-state index in [0.29, 0.717) is 37.8 Å². The fourth-order valence-corrected chi connectivity index (χ4v) is 3.33. The third-order valence-electron chi connectivity index (χ3n) is 4.68. The minimum Gasteiger partial charge on any atom is -0.494 e. The summed E-state index contributed by atoms with van der Waals surface area (Å²) in [6, 6.07) is 17.5. The van der Waals surface area contributed by atoms with Crippen LogP contribution in [0.15, 0.2) is 59.1 Å². The van der Waals surface area contributed by atoms with Crippen LogP contribution in [0.5, 0.6) is 5.75 Å². The molecule has 1 fully saturated rings. The summed E-state index contributed by atoms with van der Waals surface area (Å²) in [6.07, 6.45) is 0.393. The van der Waals surface area contributed by atoms with Gasteiger partial charge in [-0.15, -0.1) is 0 Å². The van der Waals surface area contributed by atoms with Crippen molar-refractivity contribution in [3.05, 3.63) is 66.0 Å². The second kappa shape index (κ2) is 7.61. The molecule has 2 heterocycles. The van der Waals surface area contributed by atoms with Crippen molar-refractivity contribution in [3.63, 3.8) is 0 Å². The maximum atomic E-state index is 12.5. The molecule has 1 atom stereocenters. The van der Waals surface area contributed by atoms with Gasteiger partial charge in [-0.1, -0.05) is 41.6 Å². The van der Waals surface area contributed by atoms with Crippen molar-refractivity contribution in [1.29, 1.82) is 0 Å². The highest BCUT2D eigenvalue weighted by Gasteiger charge is 2.34. The van der Waals surface area contributed by atoms with Gasteiger partial charge in [0.25, 0.3) is 5.89 Å².